The predicted molar refractivity (Wildman–Crippen MR) is 275 cm³/mol. The van der Waals surface area contributed by atoms with Gasteiger partial charge in [-0.3, -0.25) is 19.8 Å². The molecule has 1 spiro atoms. The average Bonchev–Trinajstić information content (AvgIpc) is 3.83. The number of aromatic amines is 1. The zero-order chi connectivity index (χ0) is 49.9. The summed E-state index contributed by atoms with van der Waals surface area (Å²) in [7, 11) is -4.61. The van der Waals surface area contributed by atoms with Crippen LogP contribution < -0.4 is 24.6 Å². The molecule has 2 aromatic heterocycles. The number of piperidine rings is 2. The molecular weight excluding hydrogens is 937 g/mol. The summed E-state index contributed by atoms with van der Waals surface area (Å²) in [6.07, 6.45) is 9.42. The molecule has 7 heterocycles. The van der Waals surface area contributed by atoms with E-state index in [0.717, 1.165) is 81.6 Å². The Morgan fingerprint density at radius 2 is 1.74 bits per heavy atom. The van der Waals surface area contributed by atoms with Crippen molar-refractivity contribution < 1.29 is 37.5 Å². The van der Waals surface area contributed by atoms with Gasteiger partial charge in [-0.15, -0.1) is 0 Å². The number of pyridine rings is 1. The molecule has 11 rings (SSSR count). The second kappa shape index (κ2) is 19.2. The SMILES string of the molecule is CC(C)c1ccccc1[C@H]1CC[C@](C)(O)CN1C1CC2(CCN(c3ccc(C(=O)NS(=O)(=O)c4ccc(NCC5CCOCC5)c([N+](=O)[O-])c4)c(N4c5cc6cc[nH]c6nc5O[C@H]5COCC[C@@H]54)c3)CC2)C1. The number of nitrogens with zero attached hydrogens (tertiary/aromatic N) is 5. The molecule has 1 saturated carbocycles. The first-order valence-corrected chi connectivity index (χ1v) is 27.3. The number of benzene rings is 3. The largest absolute Gasteiger partial charge is 0.468 e. The Bertz CT molecular complexity index is 2960. The number of β-amino-alcohol motifs (C(OH)–C–C–N with tert-alkyl or cyclic N) is 1. The van der Waals surface area contributed by atoms with E-state index in [2.05, 4.69) is 67.8 Å². The van der Waals surface area contributed by atoms with Crippen LogP contribution in [0, 0.1) is 21.4 Å². The summed E-state index contributed by atoms with van der Waals surface area (Å²) in [6.45, 7) is 11.2. The highest BCUT2D eigenvalue weighted by molar-refractivity contribution is 7.90. The van der Waals surface area contributed by atoms with Crippen LogP contribution in [-0.4, -0.2) is 116 Å². The highest BCUT2D eigenvalue weighted by atomic mass is 32.2. The van der Waals surface area contributed by atoms with Gasteiger partial charge in [-0.25, -0.2) is 13.1 Å². The molecule has 5 aromatic rings. The molecule has 5 fully saturated rings. The number of likely N-dealkylation sites (tertiary alicyclic amines) is 1. The summed E-state index contributed by atoms with van der Waals surface area (Å²) in [6, 6.07) is 22.3. The molecular formula is C54H66N8O9S. The minimum absolute atomic E-state index is 0.111. The smallest absolute Gasteiger partial charge is 0.293 e. The zero-order valence-electron chi connectivity index (χ0n) is 41.3. The lowest BCUT2D eigenvalue weighted by atomic mass is 9.59. The van der Waals surface area contributed by atoms with E-state index in [1.807, 2.05) is 31.2 Å². The van der Waals surface area contributed by atoms with Crippen molar-refractivity contribution in [1.29, 1.82) is 0 Å². The molecule has 4 atom stereocenters. The number of aromatic nitrogens is 2. The first-order chi connectivity index (χ1) is 34.6. The van der Waals surface area contributed by atoms with Crippen LogP contribution in [0.4, 0.5) is 28.4 Å². The van der Waals surface area contributed by atoms with Gasteiger partial charge in [0.05, 0.1) is 39.3 Å². The number of ether oxygens (including phenoxy) is 3. The molecule has 17 nitrogen and oxygen atoms in total. The van der Waals surface area contributed by atoms with E-state index in [4.69, 9.17) is 19.2 Å². The summed E-state index contributed by atoms with van der Waals surface area (Å²) < 4.78 is 48.5. The Kier molecular flexibility index (Phi) is 13.0. The number of aliphatic hydroxyl groups is 1. The molecule has 72 heavy (non-hydrogen) atoms. The summed E-state index contributed by atoms with van der Waals surface area (Å²) in [5.41, 5.74) is 4.81. The Morgan fingerprint density at radius 3 is 2.51 bits per heavy atom. The number of sulfonamides is 1. The topological polar surface area (TPSA) is 205 Å². The Labute approximate surface area is 420 Å². The van der Waals surface area contributed by atoms with Crippen molar-refractivity contribution in [3.05, 3.63) is 106 Å². The Morgan fingerprint density at radius 1 is 0.958 bits per heavy atom. The standard InChI is InChI=1S/C54H66N8O9S/c1-34(2)40-6-4-5-7-41(40)44-12-17-53(3,64)33-60(44)38-29-54(30-38)18-21-59(22-19-54)37-8-10-42(46(27-37)61-45-16-25-70-32-49(45)71-52-48(61)26-36-13-20-55-50(36)57-52)51(63)58-72(67,68)39-9-11-43(47(28-39)62(65)66)56-31-35-14-23-69-24-15-35/h4-11,13,20,26-28,34-35,38,44-45,49,56,64H,12,14-19,21-25,29-33H2,1-3H3,(H,55,57)(H,58,63)/t44-,45+,49+,53+/m1/s1. The number of hydrogen-bond donors (Lipinski definition) is 4. The second-order valence-corrected chi connectivity index (χ2v) is 23.4. The van der Waals surface area contributed by atoms with Crippen LogP contribution in [0.15, 0.2) is 83.9 Å². The number of nitrogens with one attached hydrogen (secondary N) is 3. The second-order valence-electron chi connectivity index (χ2n) is 21.8. The molecule has 0 unspecified atom stereocenters. The normalized spacial score (nSPS) is 24.9. The lowest BCUT2D eigenvalue weighted by Crippen LogP contribution is -2.60. The van der Waals surface area contributed by atoms with Crippen molar-refractivity contribution in [3.8, 4) is 5.88 Å². The summed E-state index contributed by atoms with van der Waals surface area (Å²) >= 11 is 0. The van der Waals surface area contributed by atoms with E-state index < -0.39 is 43.1 Å². The van der Waals surface area contributed by atoms with Gasteiger partial charge in [0.2, 0.25) is 5.88 Å². The average molecular weight is 1000 g/mol. The number of hydrogen-bond acceptors (Lipinski definition) is 14. The third-order valence-electron chi connectivity index (χ3n) is 16.6. The van der Waals surface area contributed by atoms with Crippen LogP contribution in [0.5, 0.6) is 5.88 Å². The molecule has 18 heteroatoms. The minimum Gasteiger partial charge on any atom is -0.468 e. The lowest BCUT2D eigenvalue weighted by molar-refractivity contribution is -0.384. The van der Waals surface area contributed by atoms with Crippen LogP contribution in [0.1, 0.15) is 112 Å². The molecule has 0 radical (unpaired) electrons. The summed E-state index contributed by atoms with van der Waals surface area (Å²) in [4.78, 5) is 41.1. The number of nitro benzene ring substituents is 1. The summed E-state index contributed by atoms with van der Waals surface area (Å²) in [5, 5.41) is 27.7. The van der Waals surface area contributed by atoms with Crippen LogP contribution in [0.3, 0.4) is 0 Å². The highest BCUT2D eigenvalue weighted by Crippen LogP contribution is 2.55. The van der Waals surface area contributed by atoms with Crippen molar-refractivity contribution in [2.75, 3.05) is 67.7 Å². The monoisotopic (exact) mass is 1000 g/mol. The van der Waals surface area contributed by atoms with Crippen molar-refractivity contribution in [2.24, 2.45) is 11.3 Å². The van der Waals surface area contributed by atoms with Gasteiger partial charge in [0.1, 0.15) is 23.1 Å². The van der Waals surface area contributed by atoms with Crippen molar-refractivity contribution in [1.82, 2.24) is 19.6 Å². The third-order valence-corrected chi connectivity index (χ3v) is 17.9. The maximum absolute atomic E-state index is 14.7. The number of rotatable bonds is 12. The number of H-pyrrole nitrogens is 1. The number of amides is 1. The highest BCUT2D eigenvalue weighted by Gasteiger charge is 2.52. The van der Waals surface area contributed by atoms with Gasteiger partial charge >= 0.3 is 0 Å². The number of anilines is 4. The van der Waals surface area contributed by atoms with E-state index >= 15 is 0 Å². The fourth-order valence-corrected chi connectivity index (χ4v) is 13.5. The first kappa shape index (κ1) is 48.5. The number of nitro groups is 1. The predicted octanol–water partition coefficient (Wildman–Crippen LogP) is 8.58. The van der Waals surface area contributed by atoms with E-state index in [1.54, 1.807) is 12.3 Å². The number of carbonyl (C=O) groups excluding carboxylic acids is 1. The van der Waals surface area contributed by atoms with Crippen LogP contribution in [-0.2, 0) is 19.5 Å². The lowest BCUT2D eigenvalue weighted by Gasteiger charge is -2.59. The van der Waals surface area contributed by atoms with E-state index in [1.165, 1.54) is 23.3 Å². The fraction of sp³-hybridized carbons (Fsp3) is 0.519. The van der Waals surface area contributed by atoms with Gasteiger partial charge in [-0.05, 0) is 136 Å². The van der Waals surface area contributed by atoms with E-state index in [9.17, 15) is 28.4 Å². The third kappa shape index (κ3) is 9.40. The van der Waals surface area contributed by atoms with Crippen molar-refractivity contribution >= 4 is 55.4 Å². The Hall–Kier alpha value is -5.79. The minimum atomic E-state index is -4.61. The maximum atomic E-state index is 14.7. The summed E-state index contributed by atoms with van der Waals surface area (Å²) in [5.74, 6) is 0.161. The van der Waals surface area contributed by atoms with Gasteiger partial charge in [0.25, 0.3) is 21.6 Å². The van der Waals surface area contributed by atoms with Gasteiger partial charge in [-0.1, -0.05) is 38.1 Å². The quantitative estimate of drug-likeness (QED) is 0.0683. The maximum Gasteiger partial charge on any atom is 0.293 e. The molecule has 382 valence electrons. The number of fused-ring (bicyclic) bond motifs is 3. The van der Waals surface area contributed by atoms with E-state index in [0.29, 0.717) is 80.8 Å². The molecule has 0 bridgehead atoms. The molecule has 1 aliphatic carbocycles. The molecule has 4 saturated heterocycles. The molecule has 5 aliphatic heterocycles. The number of carbonyl (C=O) groups is 1. The van der Waals surface area contributed by atoms with Crippen molar-refractivity contribution in [2.45, 2.75) is 119 Å². The van der Waals surface area contributed by atoms with Crippen LogP contribution >= 0.6 is 0 Å². The molecule has 6 aliphatic rings. The molecule has 3 aromatic carbocycles. The molecule has 1 amide bonds. The van der Waals surface area contributed by atoms with Crippen LogP contribution in [0.25, 0.3) is 11.0 Å². The van der Waals surface area contributed by atoms with Gasteiger partial charge in [-0.2, -0.15) is 4.98 Å². The van der Waals surface area contributed by atoms with E-state index in [-0.39, 0.29) is 34.7 Å². The van der Waals surface area contributed by atoms with Gasteiger partial charge in [0, 0.05) is 81.4 Å². The molecule has 4 N–H and O–H groups in total. The van der Waals surface area contributed by atoms with Crippen molar-refractivity contribution in [3.63, 3.8) is 0 Å². The van der Waals surface area contributed by atoms with Gasteiger partial charge < -0.3 is 39.4 Å². The fourth-order valence-electron chi connectivity index (χ4n) is 12.6. The Balaban J connectivity index is 0.876. The van der Waals surface area contributed by atoms with Gasteiger partial charge in [0.15, 0.2) is 0 Å². The van der Waals surface area contributed by atoms with Crippen LogP contribution in [0.2, 0.25) is 0 Å². The first-order valence-electron chi connectivity index (χ1n) is 25.8. The zero-order valence-corrected chi connectivity index (χ0v) is 42.2.